The molecule has 6 nitrogen and oxygen atoms in total. The molecule has 1 saturated carbocycles. The number of nitrogens with one attached hydrogen (secondary N) is 1. The number of hydrogen-bond donors (Lipinski definition) is 2. The number of carbonyl (C=O) groups excluding carboxylic acids is 1. The molecule has 1 aromatic heterocycles. The number of aliphatic carboxylic acids is 1. The van der Waals surface area contributed by atoms with Crippen LogP contribution in [0.15, 0.2) is 47.4 Å². The number of benzene rings is 1. The van der Waals surface area contributed by atoms with E-state index >= 15 is 0 Å². The van der Waals surface area contributed by atoms with Gasteiger partial charge in [0.2, 0.25) is 5.91 Å². The zero-order chi connectivity index (χ0) is 19.4. The Labute approximate surface area is 157 Å². The molecule has 3 rings (SSSR count). The normalized spacial score (nSPS) is 19.4. The monoisotopic (exact) mass is 368 g/mol. The van der Waals surface area contributed by atoms with E-state index in [-0.39, 0.29) is 23.1 Å². The molecule has 142 valence electrons. The molecule has 2 atom stereocenters. The maximum Gasteiger partial charge on any atom is 0.306 e. The van der Waals surface area contributed by atoms with Crippen LogP contribution in [-0.2, 0) is 16.1 Å². The van der Waals surface area contributed by atoms with Gasteiger partial charge in [-0.15, -0.1) is 0 Å². The number of hydrogen-bond acceptors (Lipinski definition) is 3. The standard InChI is InChI=1S/C21H24N2O4/c1-14-7-9-15(10-8-14)13-23-11-3-6-18(20(23)25)22-19(24)16-4-2-5-17(12-16)21(26)27/h3,6-11,16-17H,2,4-5,12-13H2,1H3,(H,22,24)(H,26,27). The molecule has 1 aliphatic rings. The Hall–Kier alpha value is -2.89. The molecule has 1 amide bonds. The Kier molecular flexibility index (Phi) is 5.74. The van der Waals surface area contributed by atoms with E-state index in [0.29, 0.717) is 32.2 Å². The van der Waals surface area contributed by atoms with Gasteiger partial charge in [-0.3, -0.25) is 14.4 Å². The maximum absolute atomic E-state index is 12.7. The topological polar surface area (TPSA) is 88.4 Å². The molecule has 0 aliphatic heterocycles. The lowest BCUT2D eigenvalue weighted by Crippen LogP contribution is -2.33. The van der Waals surface area contributed by atoms with Gasteiger partial charge in [-0.2, -0.15) is 0 Å². The summed E-state index contributed by atoms with van der Waals surface area (Å²) in [5, 5.41) is 11.9. The van der Waals surface area contributed by atoms with Crippen LogP contribution in [0.5, 0.6) is 0 Å². The minimum Gasteiger partial charge on any atom is -0.481 e. The lowest BCUT2D eigenvalue weighted by atomic mass is 9.81. The summed E-state index contributed by atoms with van der Waals surface area (Å²) in [7, 11) is 0. The van der Waals surface area contributed by atoms with Crippen molar-refractivity contribution < 1.29 is 14.7 Å². The van der Waals surface area contributed by atoms with Gasteiger partial charge >= 0.3 is 5.97 Å². The second-order valence-corrected chi connectivity index (χ2v) is 7.23. The molecule has 1 aliphatic carbocycles. The van der Waals surface area contributed by atoms with Gasteiger partial charge in [-0.05, 0) is 43.9 Å². The maximum atomic E-state index is 12.7. The first-order chi connectivity index (χ1) is 12.9. The van der Waals surface area contributed by atoms with Crippen LogP contribution in [0.3, 0.4) is 0 Å². The van der Waals surface area contributed by atoms with E-state index in [1.165, 1.54) is 0 Å². The molecule has 0 saturated heterocycles. The van der Waals surface area contributed by atoms with E-state index in [4.69, 9.17) is 0 Å². The third kappa shape index (κ3) is 4.64. The van der Waals surface area contributed by atoms with Crippen LogP contribution in [0.4, 0.5) is 5.69 Å². The second-order valence-electron chi connectivity index (χ2n) is 7.23. The van der Waals surface area contributed by atoms with E-state index in [9.17, 15) is 19.5 Å². The summed E-state index contributed by atoms with van der Waals surface area (Å²) < 4.78 is 1.56. The fourth-order valence-electron chi connectivity index (χ4n) is 3.53. The van der Waals surface area contributed by atoms with Crippen LogP contribution < -0.4 is 10.9 Å². The van der Waals surface area contributed by atoms with Crippen molar-refractivity contribution in [1.29, 1.82) is 0 Å². The summed E-state index contributed by atoms with van der Waals surface area (Å²) in [6.45, 7) is 2.43. The molecular formula is C21H24N2O4. The van der Waals surface area contributed by atoms with Crippen molar-refractivity contribution in [3.05, 3.63) is 64.1 Å². The molecule has 0 bridgehead atoms. The largest absolute Gasteiger partial charge is 0.481 e. The Balaban J connectivity index is 1.72. The number of pyridine rings is 1. The molecule has 1 fully saturated rings. The van der Waals surface area contributed by atoms with Crippen LogP contribution >= 0.6 is 0 Å². The molecule has 2 unspecified atom stereocenters. The highest BCUT2D eigenvalue weighted by atomic mass is 16.4. The molecular weight excluding hydrogens is 344 g/mol. The van der Waals surface area contributed by atoms with Gasteiger partial charge in [0.25, 0.3) is 5.56 Å². The van der Waals surface area contributed by atoms with Gasteiger partial charge in [-0.25, -0.2) is 0 Å². The van der Waals surface area contributed by atoms with Crippen molar-refractivity contribution >= 4 is 17.6 Å². The summed E-state index contributed by atoms with van der Waals surface area (Å²) >= 11 is 0. The van der Waals surface area contributed by atoms with Crippen LogP contribution in [0.25, 0.3) is 0 Å². The number of aromatic nitrogens is 1. The van der Waals surface area contributed by atoms with Crippen LogP contribution in [-0.4, -0.2) is 21.6 Å². The number of anilines is 1. The lowest BCUT2D eigenvalue weighted by Gasteiger charge is -2.25. The molecule has 2 N–H and O–H groups in total. The molecule has 2 aromatic rings. The van der Waals surface area contributed by atoms with Crippen LogP contribution in [0.2, 0.25) is 0 Å². The summed E-state index contributed by atoms with van der Waals surface area (Å²) in [5.41, 5.74) is 2.12. The predicted octanol–water partition coefficient (Wildman–Crippen LogP) is 3.03. The van der Waals surface area contributed by atoms with Crippen molar-refractivity contribution in [3.63, 3.8) is 0 Å². The number of carboxylic acids is 1. The summed E-state index contributed by atoms with van der Waals surface area (Å²) in [6, 6.07) is 11.2. The number of carboxylic acid groups (broad SMARTS) is 1. The number of nitrogens with zero attached hydrogens (tertiary/aromatic N) is 1. The van der Waals surface area contributed by atoms with Crippen LogP contribution in [0, 0.1) is 18.8 Å². The predicted molar refractivity (Wildman–Crippen MR) is 103 cm³/mol. The number of rotatable bonds is 5. The first-order valence-corrected chi connectivity index (χ1v) is 9.22. The van der Waals surface area contributed by atoms with Crippen molar-refractivity contribution in [2.45, 2.75) is 39.2 Å². The average Bonchev–Trinajstić information content (AvgIpc) is 2.66. The quantitative estimate of drug-likeness (QED) is 0.849. The third-order valence-corrected chi connectivity index (χ3v) is 5.15. The number of amides is 1. The van der Waals surface area contributed by atoms with E-state index < -0.39 is 11.9 Å². The van der Waals surface area contributed by atoms with E-state index in [1.807, 2.05) is 31.2 Å². The Morgan fingerprint density at radius 2 is 1.85 bits per heavy atom. The summed E-state index contributed by atoms with van der Waals surface area (Å²) in [6.07, 6.45) is 3.99. The summed E-state index contributed by atoms with van der Waals surface area (Å²) in [4.78, 5) is 36.4. The van der Waals surface area contributed by atoms with Gasteiger partial charge in [0.05, 0.1) is 12.5 Å². The van der Waals surface area contributed by atoms with Gasteiger partial charge in [0, 0.05) is 12.1 Å². The van der Waals surface area contributed by atoms with Crippen molar-refractivity contribution in [2.24, 2.45) is 11.8 Å². The Morgan fingerprint density at radius 1 is 1.15 bits per heavy atom. The SMILES string of the molecule is Cc1ccc(Cn2cccc(NC(=O)C3CCCC(C(=O)O)C3)c2=O)cc1. The highest BCUT2D eigenvalue weighted by Crippen LogP contribution is 2.29. The van der Waals surface area contributed by atoms with Crippen molar-refractivity contribution in [1.82, 2.24) is 4.57 Å². The van der Waals surface area contributed by atoms with Crippen molar-refractivity contribution in [2.75, 3.05) is 5.32 Å². The average molecular weight is 368 g/mol. The zero-order valence-electron chi connectivity index (χ0n) is 15.4. The fourth-order valence-corrected chi connectivity index (χ4v) is 3.53. The van der Waals surface area contributed by atoms with Gasteiger partial charge in [0.1, 0.15) is 5.69 Å². The first-order valence-electron chi connectivity index (χ1n) is 9.22. The van der Waals surface area contributed by atoms with Gasteiger partial charge < -0.3 is 15.0 Å². The lowest BCUT2D eigenvalue weighted by molar-refractivity contribution is -0.143. The molecule has 0 spiro atoms. The summed E-state index contributed by atoms with van der Waals surface area (Å²) in [5.74, 6) is -1.98. The van der Waals surface area contributed by atoms with Crippen molar-refractivity contribution in [3.8, 4) is 0 Å². The molecule has 1 heterocycles. The Morgan fingerprint density at radius 3 is 2.56 bits per heavy atom. The molecule has 0 radical (unpaired) electrons. The van der Waals surface area contributed by atoms with Gasteiger partial charge in [0.15, 0.2) is 0 Å². The number of carbonyl (C=O) groups is 2. The molecule has 27 heavy (non-hydrogen) atoms. The van der Waals surface area contributed by atoms with E-state index in [0.717, 1.165) is 11.1 Å². The second kappa shape index (κ2) is 8.20. The minimum atomic E-state index is -0.854. The van der Waals surface area contributed by atoms with E-state index in [1.54, 1.807) is 22.9 Å². The molecule has 1 aromatic carbocycles. The smallest absolute Gasteiger partial charge is 0.306 e. The molecule has 6 heteroatoms. The highest BCUT2D eigenvalue weighted by molar-refractivity contribution is 5.92. The highest BCUT2D eigenvalue weighted by Gasteiger charge is 2.31. The zero-order valence-corrected chi connectivity index (χ0v) is 15.4. The third-order valence-electron chi connectivity index (χ3n) is 5.15. The van der Waals surface area contributed by atoms with E-state index in [2.05, 4.69) is 5.32 Å². The van der Waals surface area contributed by atoms with Gasteiger partial charge in [-0.1, -0.05) is 36.2 Å². The number of aryl methyl sites for hydroxylation is 1. The Bertz CT molecular complexity index is 886. The van der Waals surface area contributed by atoms with Crippen LogP contribution in [0.1, 0.15) is 36.8 Å². The first kappa shape index (κ1) is 18.9. The minimum absolute atomic E-state index is 0.229. The fraction of sp³-hybridized carbons (Fsp3) is 0.381.